The van der Waals surface area contributed by atoms with E-state index in [1.54, 1.807) is 24.3 Å². The number of hydrogen-bond acceptors (Lipinski definition) is 4. The zero-order valence-electron chi connectivity index (χ0n) is 17.2. The van der Waals surface area contributed by atoms with Crippen LogP contribution in [-0.4, -0.2) is 27.0 Å². The molecule has 8 heteroatoms. The van der Waals surface area contributed by atoms with Crippen LogP contribution in [0.3, 0.4) is 0 Å². The van der Waals surface area contributed by atoms with Gasteiger partial charge in [0.05, 0.1) is 22.1 Å². The van der Waals surface area contributed by atoms with E-state index in [0.29, 0.717) is 24.0 Å². The predicted octanol–water partition coefficient (Wildman–Crippen LogP) is 4.85. The van der Waals surface area contributed by atoms with Gasteiger partial charge in [0, 0.05) is 11.7 Å². The molecule has 0 aliphatic heterocycles. The van der Waals surface area contributed by atoms with Crippen LogP contribution in [0.4, 0.5) is 5.69 Å². The van der Waals surface area contributed by atoms with Crippen LogP contribution < -0.4 is 14.8 Å². The number of sulfonamides is 1. The van der Waals surface area contributed by atoms with Crippen molar-refractivity contribution in [2.24, 2.45) is 5.92 Å². The van der Waals surface area contributed by atoms with E-state index in [1.165, 1.54) is 18.2 Å². The summed E-state index contributed by atoms with van der Waals surface area (Å²) in [6.45, 7) is 4.61. The van der Waals surface area contributed by atoms with E-state index >= 15 is 0 Å². The van der Waals surface area contributed by atoms with E-state index in [1.807, 2.05) is 6.92 Å². The molecule has 30 heavy (non-hydrogen) atoms. The summed E-state index contributed by atoms with van der Waals surface area (Å²) in [5, 5.41) is 3.21. The number of anilines is 1. The van der Waals surface area contributed by atoms with Gasteiger partial charge in [-0.2, -0.15) is 0 Å². The van der Waals surface area contributed by atoms with Crippen molar-refractivity contribution < 1.29 is 17.9 Å². The average Bonchev–Trinajstić information content (AvgIpc) is 2.71. The molecule has 0 spiro atoms. The topological polar surface area (TPSA) is 84.5 Å². The highest BCUT2D eigenvalue weighted by atomic mass is 35.5. The molecule has 1 aliphatic carbocycles. The molecule has 0 aromatic heterocycles. The van der Waals surface area contributed by atoms with Crippen molar-refractivity contribution in [1.82, 2.24) is 5.32 Å². The third kappa shape index (κ3) is 5.67. The second kappa shape index (κ2) is 9.71. The summed E-state index contributed by atoms with van der Waals surface area (Å²) in [5.41, 5.74) is 0.556. The van der Waals surface area contributed by atoms with Crippen LogP contribution >= 0.6 is 11.6 Å². The maximum atomic E-state index is 12.8. The minimum absolute atomic E-state index is 0.0248. The van der Waals surface area contributed by atoms with E-state index in [-0.39, 0.29) is 27.4 Å². The number of nitrogens with one attached hydrogen (secondary N) is 2. The largest absolute Gasteiger partial charge is 0.494 e. The first-order chi connectivity index (χ1) is 14.3. The van der Waals surface area contributed by atoms with Gasteiger partial charge in [-0.1, -0.05) is 18.5 Å². The van der Waals surface area contributed by atoms with Gasteiger partial charge in [0.15, 0.2) is 0 Å². The Bertz CT molecular complexity index is 985. The lowest BCUT2D eigenvalue weighted by Crippen LogP contribution is -2.37. The van der Waals surface area contributed by atoms with Gasteiger partial charge in [-0.3, -0.25) is 9.52 Å². The lowest BCUT2D eigenvalue weighted by molar-refractivity contribution is 0.0923. The summed E-state index contributed by atoms with van der Waals surface area (Å²) in [7, 11) is -3.88. The molecule has 162 valence electrons. The summed E-state index contributed by atoms with van der Waals surface area (Å²) in [5.74, 6) is 0.976. The molecule has 1 saturated carbocycles. The number of amides is 1. The van der Waals surface area contributed by atoms with Gasteiger partial charge in [-0.15, -0.1) is 0 Å². The van der Waals surface area contributed by atoms with Crippen LogP contribution in [0.2, 0.25) is 5.02 Å². The molecule has 6 nitrogen and oxygen atoms in total. The lowest BCUT2D eigenvalue weighted by atomic mass is 9.87. The molecule has 2 N–H and O–H groups in total. The van der Waals surface area contributed by atoms with Crippen LogP contribution in [0.1, 0.15) is 49.9 Å². The fourth-order valence-electron chi connectivity index (χ4n) is 3.51. The predicted molar refractivity (Wildman–Crippen MR) is 119 cm³/mol. The zero-order valence-corrected chi connectivity index (χ0v) is 18.7. The molecule has 0 atom stereocenters. The molecule has 0 bridgehead atoms. The molecule has 0 saturated heterocycles. The Morgan fingerprint density at radius 2 is 1.77 bits per heavy atom. The van der Waals surface area contributed by atoms with Crippen LogP contribution in [-0.2, 0) is 10.0 Å². The Morgan fingerprint density at radius 1 is 1.10 bits per heavy atom. The Labute approximate surface area is 183 Å². The summed E-state index contributed by atoms with van der Waals surface area (Å²) in [4.78, 5) is 12.7. The van der Waals surface area contributed by atoms with Gasteiger partial charge >= 0.3 is 0 Å². The number of rotatable bonds is 7. The first-order valence-corrected chi connectivity index (χ1v) is 12.0. The summed E-state index contributed by atoms with van der Waals surface area (Å²) in [6, 6.07) is 10.9. The zero-order chi connectivity index (χ0) is 21.7. The molecule has 2 aromatic rings. The number of carbonyl (C=O) groups excluding carboxylic acids is 1. The molecule has 0 heterocycles. The molecule has 3 rings (SSSR count). The average molecular weight is 451 g/mol. The highest BCUT2D eigenvalue weighted by molar-refractivity contribution is 7.92. The van der Waals surface area contributed by atoms with Crippen molar-refractivity contribution in [2.75, 3.05) is 11.3 Å². The number of ether oxygens (including phenoxy) is 1. The van der Waals surface area contributed by atoms with Gasteiger partial charge in [0.2, 0.25) is 0 Å². The molecular formula is C22H27ClN2O4S. The lowest BCUT2D eigenvalue weighted by Gasteiger charge is -2.27. The monoisotopic (exact) mass is 450 g/mol. The fourth-order valence-corrected chi connectivity index (χ4v) is 4.80. The first-order valence-electron chi connectivity index (χ1n) is 10.1. The van der Waals surface area contributed by atoms with E-state index in [4.69, 9.17) is 16.3 Å². The third-order valence-electron chi connectivity index (χ3n) is 5.26. The maximum Gasteiger partial charge on any atom is 0.261 e. The van der Waals surface area contributed by atoms with Crippen LogP contribution in [0.25, 0.3) is 0 Å². The maximum absolute atomic E-state index is 12.8. The van der Waals surface area contributed by atoms with Crippen LogP contribution in [0.5, 0.6) is 5.75 Å². The Morgan fingerprint density at radius 3 is 2.40 bits per heavy atom. The molecule has 1 fully saturated rings. The Balaban J connectivity index is 1.74. The van der Waals surface area contributed by atoms with Crippen LogP contribution in [0, 0.1) is 5.92 Å². The molecule has 0 radical (unpaired) electrons. The van der Waals surface area contributed by atoms with Crippen molar-refractivity contribution in [3.8, 4) is 5.75 Å². The van der Waals surface area contributed by atoms with Crippen molar-refractivity contribution in [1.29, 1.82) is 0 Å². The number of halogens is 1. The third-order valence-corrected chi connectivity index (χ3v) is 6.97. The number of benzene rings is 2. The molecular weight excluding hydrogens is 424 g/mol. The summed E-state index contributed by atoms with van der Waals surface area (Å²) >= 11 is 6.20. The highest BCUT2D eigenvalue weighted by Crippen LogP contribution is 2.26. The van der Waals surface area contributed by atoms with Gasteiger partial charge in [0.25, 0.3) is 15.9 Å². The van der Waals surface area contributed by atoms with E-state index < -0.39 is 10.0 Å². The second-order valence-electron chi connectivity index (χ2n) is 7.63. The summed E-state index contributed by atoms with van der Waals surface area (Å²) in [6.07, 6.45) is 3.97. The Kier molecular flexibility index (Phi) is 7.26. The van der Waals surface area contributed by atoms with Gasteiger partial charge < -0.3 is 10.1 Å². The van der Waals surface area contributed by atoms with Crippen LogP contribution in [0.15, 0.2) is 47.4 Å². The van der Waals surface area contributed by atoms with E-state index in [0.717, 1.165) is 25.7 Å². The fraction of sp³-hybridized carbons (Fsp3) is 0.409. The second-order valence-corrected chi connectivity index (χ2v) is 9.72. The standard InChI is InChI=1S/C22H27ClN2O4S/c1-3-29-18-10-8-17(9-11-18)25-30(27,28)19-12-13-21(23)20(14-19)22(26)24-16-6-4-15(2)5-7-16/h8-16,25H,3-7H2,1-2H3,(H,24,26). The smallest absolute Gasteiger partial charge is 0.261 e. The van der Waals surface area contributed by atoms with Crippen molar-refractivity contribution in [2.45, 2.75) is 50.5 Å². The quantitative estimate of drug-likeness (QED) is 0.631. The molecule has 1 aliphatic rings. The molecule has 1 amide bonds. The van der Waals surface area contributed by atoms with Crippen molar-refractivity contribution >= 4 is 33.2 Å². The molecule has 0 unspecified atom stereocenters. The summed E-state index contributed by atoms with van der Waals surface area (Å²) < 4.78 is 33.5. The van der Waals surface area contributed by atoms with Gasteiger partial charge in [-0.05, 0) is 81.0 Å². The van der Waals surface area contributed by atoms with Crippen molar-refractivity contribution in [3.63, 3.8) is 0 Å². The normalized spacial score (nSPS) is 19.2. The highest BCUT2D eigenvalue weighted by Gasteiger charge is 2.23. The molecule has 2 aromatic carbocycles. The SMILES string of the molecule is CCOc1ccc(NS(=O)(=O)c2ccc(Cl)c(C(=O)NC3CCC(C)CC3)c2)cc1. The number of carbonyl (C=O) groups is 1. The Hall–Kier alpha value is -2.25. The van der Waals surface area contributed by atoms with Gasteiger partial charge in [0.1, 0.15) is 5.75 Å². The van der Waals surface area contributed by atoms with E-state index in [9.17, 15) is 13.2 Å². The van der Waals surface area contributed by atoms with Gasteiger partial charge in [-0.25, -0.2) is 8.42 Å². The minimum atomic E-state index is -3.88. The number of hydrogen-bond donors (Lipinski definition) is 2. The first kappa shape index (κ1) is 22.4. The van der Waals surface area contributed by atoms with E-state index in [2.05, 4.69) is 17.0 Å². The minimum Gasteiger partial charge on any atom is -0.494 e. The van der Waals surface area contributed by atoms with Crippen molar-refractivity contribution in [3.05, 3.63) is 53.1 Å².